The van der Waals surface area contributed by atoms with Gasteiger partial charge in [0.2, 0.25) is 21.1 Å². The molecule has 1 fully saturated rings. The number of thioether (sulfide) groups is 1. The summed E-state index contributed by atoms with van der Waals surface area (Å²) in [6.07, 6.45) is 1.77. The molecule has 2 aromatic carbocycles. The minimum atomic E-state index is -3.47. The predicted molar refractivity (Wildman–Crippen MR) is 128 cm³/mol. The quantitative estimate of drug-likeness (QED) is 0.421. The Kier molecular flexibility index (Phi) is 5.77. The summed E-state index contributed by atoms with van der Waals surface area (Å²) >= 11 is 1.19. The molecule has 33 heavy (non-hydrogen) atoms. The largest absolute Gasteiger partial charge is 0.327 e. The molecule has 1 amide bonds. The van der Waals surface area contributed by atoms with Crippen molar-refractivity contribution in [3.05, 3.63) is 48.5 Å². The van der Waals surface area contributed by atoms with Crippen molar-refractivity contribution in [1.29, 1.82) is 0 Å². The second kappa shape index (κ2) is 8.73. The first-order chi connectivity index (χ1) is 15.9. The van der Waals surface area contributed by atoms with Crippen molar-refractivity contribution in [3.63, 3.8) is 0 Å². The summed E-state index contributed by atoms with van der Waals surface area (Å²) in [5.74, 6) is -0.138. The van der Waals surface area contributed by atoms with Crippen LogP contribution < -0.4 is 5.32 Å². The van der Waals surface area contributed by atoms with E-state index >= 15 is 0 Å². The van der Waals surface area contributed by atoms with E-state index in [9.17, 15) is 13.2 Å². The first kappa shape index (κ1) is 21.8. The van der Waals surface area contributed by atoms with Crippen LogP contribution in [0.1, 0.15) is 12.8 Å². The van der Waals surface area contributed by atoms with Crippen molar-refractivity contribution < 1.29 is 13.2 Å². The SMILES string of the molecule is Cn1c2ccccc2c2nnc(SCC(=O)Nc3ccc(S(=O)(=O)N4CCCC4)cc3)nc21. The van der Waals surface area contributed by atoms with Crippen molar-refractivity contribution in [2.45, 2.75) is 22.9 Å². The Hall–Kier alpha value is -3.02. The molecular formula is C22H22N6O3S2. The fourth-order valence-corrected chi connectivity index (χ4v) is 6.07. The lowest BCUT2D eigenvalue weighted by Gasteiger charge is -2.15. The van der Waals surface area contributed by atoms with Crippen LogP contribution in [0.15, 0.2) is 58.6 Å². The number of anilines is 1. The molecule has 1 aliphatic heterocycles. The summed E-state index contributed by atoms with van der Waals surface area (Å²) in [4.78, 5) is 17.2. The van der Waals surface area contributed by atoms with Gasteiger partial charge in [-0.25, -0.2) is 13.4 Å². The monoisotopic (exact) mass is 482 g/mol. The van der Waals surface area contributed by atoms with Gasteiger partial charge in [0, 0.05) is 31.2 Å². The van der Waals surface area contributed by atoms with Crippen LogP contribution in [0.25, 0.3) is 22.1 Å². The highest BCUT2D eigenvalue weighted by Gasteiger charge is 2.27. The minimum absolute atomic E-state index is 0.102. The molecule has 9 nitrogen and oxygen atoms in total. The molecule has 2 aromatic heterocycles. The van der Waals surface area contributed by atoms with Crippen LogP contribution in [0, 0.1) is 0 Å². The van der Waals surface area contributed by atoms with Crippen LogP contribution in [-0.4, -0.2) is 57.2 Å². The molecule has 11 heteroatoms. The predicted octanol–water partition coefficient (Wildman–Crippen LogP) is 3.03. The van der Waals surface area contributed by atoms with Gasteiger partial charge in [0.25, 0.3) is 0 Å². The number of nitrogens with zero attached hydrogens (tertiary/aromatic N) is 5. The van der Waals surface area contributed by atoms with Gasteiger partial charge >= 0.3 is 0 Å². The maximum atomic E-state index is 12.6. The van der Waals surface area contributed by atoms with Crippen molar-refractivity contribution in [1.82, 2.24) is 24.1 Å². The van der Waals surface area contributed by atoms with E-state index in [2.05, 4.69) is 20.5 Å². The zero-order valence-electron chi connectivity index (χ0n) is 17.9. The molecule has 0 spiro atoms. The normalized spacial score (nSPS) is 14.8. The lowest BCUT2D eigenvalue weighted by atomic mass is 10.2. The second-order valence-corrected chi connectivity index (χ2v) is 10.7. The zero-order chi connectivity index (χ0) is 23.0. The van der Waals surface area contributed by atoms with Crippen LogP contribution in [0.4, 0.5) is 5.69 Å². The average Bonchev–Trinajstić information content (AvgIpc) is 3.47. The third-order valence-corrected chi connectivity index (χ3v) is 8.41. The number of benzene rings is 2. The van der Waals surface area contributed by atoms with Crippen molar-refractivity contribution in [2.24, 2.45) is 7.05 Å². The number of hydrogen-bond acceptors (Lipinski definition) is 7. The third kappa shape index (κ3) is 4.19. The van der Waals surface area contributed by atoms with E-state index in [0.29, 0.717) is 29.6 Å². The van der Waals surface area contributed by atoms with Gasteiger partial charge in [-0.2, -0.15) is 4.31 Å². The van der Waals surface area contributed by atoms with Crippen LogP contribution in [0.5, 0.6) is 0 Å². The highest BCUT2D eigenvalue weighted by atomic mass is 32.2. The lowest BCUT2D eigenvalue weighted by molar-refractivity contribution is -0.113. The summed E-state index contributed by atoms with van der Waals surface area (Å²) in [5.41, 5.74) is 2.99. The second-order valence-electron chi connectivity index (χ2n) is 7.82. The summed E-state index contributed by atoms with van der Waals surface area (Å²) in [5, 5.41) is 12.7. The van der Waals surface area contributed by atoms with Gasteiger partial charge in [-0.1, -0.05) is 30.0 Å². The van der Waals surface area contributed by atoms with Gasteiger partial charge in [-0.3, -0.25) is 4.79 Å². The Morgan fingerprint density at radius 1 is 1.06 bits per heavy atom. The van der Waals surface area contributed by atoms with Crippen LogP contribution in [-0.2, 0) is 21.9 Å². The number of para-hydroxylation sites is 1. The highest BCUT2D eigenvalue weighted by Crippen LogP contribution is 2.26. The van der Waals surface area contributed by atoms with E-state index in [1.165, 1.54) is 28.2 Å². The van der Waals surface area contributed by atoms with Crippen molar-refractivity contribution in [2.75, 3.05) is 24.2 Å². The van der Waals surface area contributed by atoms with Crippen molar-refractivity contribution >= 4 is 55.4 Å². The number of rotatable bonds is 6. The third-order valence-electron chi connectivity index (χ3n) is 5.66. The summed E-state index contributed by atoms with van der Waals surface area (Å²) in [6, 6.07) is 14.1. The fourth-order valence-electron chi connectivity index (χ4n) is 3.97. The molecule has 0 radical (unpaired) electrons. The summed E-state index contributed by atoms with van der Waals surface area (Å²) in [6.45, 7) is 1.11. The van der Waals surface area contributed by atoms with Gasteiger partial charge in [0.05, 0.1) is 16.2 Å². The molecule has 0 saturated carbocycles. The molecule has 1 aliphatic rings. The van der Waals surface area contributed by atoms with Gasteiger partial charge in [-0.05, 0) is 43.2 Å². The van der Waals surface area contributed by atoms with E-state index in [0.717, 1.165) is 29.3 Å². The van der Waals surface area contributed by atoms with Gasteiger partial charge in [0.15, 0.2) is 5.65 Å². The zero-order valence-corrected chi connectivity index (χ0v) is 19.6. The topological polar surface area (TPSA) is 110 Å². The Morgan fingerprint density at radius 2 is 1.79 bits per heavy atom. The molecule has 4 aromatic rings. The average molecular weight is 483 g/mol. The summed E-state index contributed by atoms with van der Waals surface area (Å²) < 4.78 is 28.7. The minimum Gasteiger partial charge on any atom is -0.327 e. The standard InChI is InChI=1S/C22H22N6O3S2/c1-27-18-7-3-2-6-17(18)20-21(27)24-22(26-25-20)32-14-19(29)23-15-8-10-16(11-9-15)33(30,31)28-12-4-5-13-28/h2-3,6-11H,4-5,12-14H2,1H3,(H,23,29). The highest BCUT2D eigenvalue weighted by molar-refractivity contribution is 7.99. The molecule has 1 saturated heterocycles. The Labute approximate surface area is 195 Å². The van der Waals surface area contributed by atoms with E-state index in [1.54, 1.807) is 12.1 Å². The van der Waals surface area contributed by atoms with E-state index in [1.807, 2.05) is 35.9 Å². The molecule has 0 atom stereocenters. The van der Waals surface area contributed by atoms with E-state index in [4.69, 9.17) is 0 Å². The number of fused-ring (bicyclic) bond motifs is 3. The van der Waals surface area contributed by atoms with Crippen LogP contribution >= 0.6 is 11.8 Å². The Bertz CT molecular complexity index is 1440. The number of nitrogens with one attached hydrogen (secondary N) is 1. The van der Waals surface area contributed by atoms with Gasteiger partial charge in [0.1, 0.15) is 5.52 Å². The number of carbonyl (C=O) groups is 1. The molecule has 0 unspecified atom stereocenters. The lowest BCUT2D eigenvalue weighted by Crippen LogP contribution is -2.27. The maximum Gasteiger partial charge on any atom is 0.243 e. The number of sulfonamides is 1. The molecule has 5 rings (SSSR count). The Balaban J connectivity index is 1.24. The maximum absolute atomic E-state index is 12.6. The molecule has 0 bridgehead atoms. The number of carbonyl (C=O) groups excluding carboxylic acids is 1. The Morgan fingerprint density at radius 3 is 2.55 bits per heavy atom. The van der Waals surface area contributed by atoms with E-state index < -0.39 is 10.0 Å². The fraction of sp³-hybridized carbons (Fsp3) is 0.273. The first-order valence-corrected chi connectivity index (χ1v) is 13.0. The van der Waals surface area contributed by atoms with E-state index in [-0.39, 0.29) is 16.6 Å². The van der Waals surface area contributed by atoms with Crippen LogP contribution in [0.2, 0.25) is 0 Å². The molecule has 0 aliphatic carbocycles. The number of hydrogen-bond donors (Lipinski definition) is 1. The first-order valence-electron chi connectivity index (χ1n) is 10.5. The smallest absolute Gasteiger partial charge is 0.243 e. The number of amides is 1. The van der Waals surface area contributed by atoms with Crippen LogP contribution in [0.3, 0.4) is 0 Å². The number of aryl methyl sites for hydroxylation is 1. The van der Waals surface area contributed by atoms with Crippen molar-refractivity contribution in [3.8, 4) is 0 Å². The molecule has 170 valence electrons. The van der Waals surface area contributed by atoms with Gasteiger partial charge in [-0.15, -0.1) is 10.2 Å². The number of aromatic nitrogens is 4. The molecular weight excluding hydrogens is 460 g/mol. The molecule has 1 N–H and O–H groups in total. The molecule has 3 heterocycles. The van der Waals surface area contributed by atoms with Gasteiger partial charge < -0.3 is 9.88 Å². The summed E-state index contributed by atoms with van der Waals surface area (Å²) in [7, 11) is -1.55.